The van der Waals surface area contributed by atoms with Crippen LogP contribution in [-0.4, -0.2) is 26.7 Å². The molecule has 4 nitrogen and oxygen atoms in total. The summed E-state index contributed by atoms with van der Waals surface area (Å²) in [5.41, 5.74) is 0. The van der Waals surface area contributed by atoms with E-state index in [1.807, 2.05) is 0 Å². The van der Waals surface area contributed by atoms with Gasteiger partial charge in [-0.05, 0) is 56.4 Å². The molecule has 3 rings (SSSR count). The minimum Gasteiger partial charge on any atom is -0.372 e. The number of fused-ring (bicyclic) bond motifs is 2. The fourth-order valence-corrected chi connectivity index (χ4v) is 4.27. The summed E-state index contributed by atoms with van der Waals surface area (Å²) in [7, 11) is -3.72. The van der Waals surface area contributed by atoms with Crippen molar-refractivity contribution in [2.24, 2.45) is 0 Å². The molecular formula is C14H17BrO4S. The first kappa shape index (κ1) is 14.5. The maximum atomic E-state index is 12.3. The van der Waals surface area contributed by atoms with E-state index in [0.29, 0.717) is 6.10 Å². The lowest BCUT2D eigenvalue weighted by Crippen LogP contribution is -2.30. The molecule has 3 atom stereocenters. The summed E-state index contributed by atoms with van der Waals surface area (Å²) in [5, 5.41) is 0. The number of hydrogen-bond acceptors (Lipinski definition) is 4. The highest BCUT2D eigenvalue weighted by Gasteiger charge is 2.37. The van der Waals surface area contributed by atoms with Gasteiger partial charge >= 0.3 is 0 Å². The van der Waals surface area contributed by atoms with Gasteiger partial charge in [-0.1, -0.05) is 15.9 Å². The molecule has 2 bridgehead atoms. The van der Waals surface area contributed by atoms with Gasteiger partial charge in [-0.15, -0.1) is 0 Å². The van der Waals surface area contributed by atoms with Crippen LogP contribution in [0, 0.1) is 0 Å². The van der Waals surface area contributed by atoms with Crippen LogP contribution < -0.4 is 0 Å². The van der Waals surface area contributed by atoms with Crippen molar-refractivity contribution in [2.75, 3.05) is 0 Å². The fourth-order valence-electron chi connectivity index (χ4n) is 2.88. The maximum absolute atomic E-state index is 12.3. The zero-order chi connectivity index (χ0) is 14.2. The van der Waals surface area contributed by atoms with E-state index in [4.69, 9.17) is 8.92 Å². The topological polar surface area (TPSA) is 52.6 Å². The van der Waals surface area contributed by atoms with Gasteiger partial charge in [-0.2, -0.15) is 8.42 Å². The van der Waals surface area contributed by atoms with Crippen LogP contribution in [0.3, 0.4) is 0 Å². The van der Waals surface area contributed by atoms with E-state index in [0.717, 1.165) is 36.6 Å². The summed E-state index contributed by atoms with van der Waals surface area (Å²) >= 11 is 3.29. The van der Waals surface area contributed by atoms with Gasteiger partial charge in [0.15, 0.2) is 0 Å². The van der Waals surface area contributed by atoms with E-state index in [-0.39, 0.29) is 17.1 Å². The molecule has 1 aromatic carbocycles. The molecule has 0 radical (unpaired) electrons. The minimum atomic E-state index is -3.72. The quantitative estimate of drug-likeness (QED) is 0.776. The molecule has 0 amide bonds. The Bertz CT molecular complexity index is 569. The van der Waals surface area contributed by atoms with Crippen molar-refractivity contribution in [3.8, 4) is 0 Å². The van der Waals surface area contributed by atoms with Crippen molar-refractivity contribution >= 4 is 26.0 Å². The normalized spacial score (nSPS) is 30.1. The van der Waals surface area contributed by atoms with Crippen molar-refractivity contribution in [3.05, 3.63) is 28.7 Å². The Balaban J connectivity index is 1.77. The fraction of sp³-hybridized carbons (Fsp3) is 0.571. The van der Waals surface area contributed by atoms with Crippen molar-refractivity contribution < 1.29 is 17.3 Å². The lowest BCUT2D eigenvalue weighted by atomic mass is 9.99. The summed E-state index contributed by atoms with van der Waals surface area (Å²) in [6.07, 6.45) is 4.49. The maximum Gasteiger partial charge on any atom is 0.297 e. The van der Waals surface area contributed by atoms with Crippen LogP contribution in [0.1, 0.15) is 32.1 Å². The number of halogens is 1. The average molecular weight is 361 g/mol. The molecule has 110 valence electrons. The lowest BCUT2D eigenvalue weighted by Gasteiger charge is -2.21. The molecule has 2 heterocycles. The molecule has 0 spiro atoms. The summed E-state index contributed by atoms with van der Waals surface area (Å²) < 4.78 is 36.7. The monoisotopic (exact) mass is 360 g/mol. The number of hydrogen-bond donors (Lipinski definition) is 0. The van der Waals surface area contributed by atoms with Gasteiger partial charge in [0.1, 0.15) is 6.10 Å². The van der Waals surface area contributed by atoms with E-state index in [1.165, 1.54) is 0 Å². The van der Waals surface area contributed by atoms with Crippen LogP contribution in [0.15, 0.2) is 33.6 Å². The van der Waals surface area contributed by atoms with Gasteiger partial charge in [0, 0.05) is 4.47 Å². The van der Waals surface area contributed by atoms with Gasteiger partial charge in [-0.25, -0.2) is 0 Å². The first-order valence-electron chi connectivity index (χ1n) is 6.89. The summed E-state index contributed by atoms with van der Waals surface area (Å²) in [5.74, 6) is 0. The van der Waals surface area contributed by atoms with Crippen LogP contribution in [0.25, 0.3) is 0 Å². The zero-order valence-corrected chi connectivity index (χ0v) is 13.4. The largest absolute Gasteiger partial charge is 0.372 e. The number of ether oxygens (including phenoxy) is 1. The summed E-state index contributed by atoms with van der Waals surface area (Å²) in [6, 6.07) is 6.50. The van der Waals surface area contributed by atoms with Gasteiger partial charge in [0.25, 0.3) is 10.1 Å². The van der Waals surface area contributed by atoms with Crippen LogP contribution >= 0.6 is 15.9 Å². The number of benzene rings is 1. The predicted molar refractivity (Wildman–Crippen MR) is 77.9 cm³/mol. The van der Waals surface area contributed by atoms with Crippen molar-refractivity contribution in [3.63, 3.8) is 0 Å². The Labute approximate surface area is 127 Å². The van der Waals surface area contributed by atoms with E-state index < -0.39 is 10.1 Å². The van der Waals surface area contributed by atoms with E-state index >= 15 is 0 Å². The molecule has 0 aliphatic carbocycles. The van der Waals surface area contributed by atoms with Gasteiger partial charge < -0.3 is 4.74 Å². The third-order valence-electron chi connectivity index (χ3n) is 3.92. The molecule has 1 aromatic rings. The van der Waals surface area contributed by atoms with Crippen LogP contribution in [0.5, 0.6) is 0 Å². The second-order valence-electron chi connectivity index (χ2n) is 5.35. The first-order valence-corrected chi connectivity index (χ1v) is 9.09. The highest BCUT2D eigenvalue weighted by molar-refractivity contribution is 9.10. The molecule has 2 aliphatic heterocycles. The Morgan fingerprint density at radius 3 is 2.60 bits per heavy atom. The molecule has 6 heteroatoms. The molecule has 20 heavy (non-hydrogen) atoms. The highest BCUT2D eigenvalue weighted by Crippen LogP contribution is 2.34. The summed E-state index contributed by atoms with van der Waals surface area (Å²) in [4.78, 5) is 0.194. The Kier molecular flexibility index (Phi) is 4.17. The first-order chi connectivity index (χ1) is 9.54. The van der Waals surface area contributed by atoms with Crippen molar-refractivity contribution in [1.82, 2.24) is 0 Å². The van der Waals surface area contributed by atoms with Crippen molar-refractivity contribution in [1.29, 1.82) is 0 Å². The van der Waals surface area contributed by atoms with Crippen LogP contribution in [-0.2, 0) is 19.0 Å². The molecule has 2 aliphatic rings. The third-order valence-corrected chi connectivity index (χ3v) is 5.80. The average Bonchev–Trinajstić information content (AvgIpc) is 2.77. The summed E-state index contributed by atoms with van der Waals surface area (Å²) in [6.45, 7) is 0. The Morgan fingerprint density at radius 1 is 1.10 bits per heavy atom. The molecular weight excluding hydrogens is 344 g/mol. The van der Waals surface area contributed by atoms with Crippen molar-refractivity contribution in [2.45, 2.75) is 55.3 Å². The zero-order valence-electron chi connectivity index (χ0n) is 11.0. The predicted octanol–water partition coefficient (Wildman–Crippen LogP) is 3.25. The standard InChI is InChI=1S/C14H17BrO4S/c15-10-4-7-12(8-5-10)20(16,17)19-14-3-1-2-11-6-9-13(14)18-11/h4-5,7-8,11,13-14H,1-3,6,9H2/t11-,13-,14-/m0/s1. The Hall–Kier alpha value is -0.430. The van der Waals surface area contributed by atoms with E-state index in [1.54, 1.807) is 24.3 Å². The second-order valence-corrected chi connectivity index (χ2v) is 7.84. The minimum absolute atomic E-state index is 0.0762. The smallest absolute Gasteiger partial charge is 0.297 e. The SMILES string of the molecule is O=S(=O)(O[C@H]1CCC[C@H]2CC[C@@H]1O2)c1ccc(Br)cc1. The second kappa shape index (κ2) is 5.75. The van der Waals surface area contributed by atoms with Crippen LogP contribution in [0.2, 0.25) is 0 Å². The highest BCUT2D eigenvalue weighted by atomic mass is 79.9. The molecule has 2 saturated heterocycles. The Morgan fingerprint density at radius 2 is 1.85 bits per heavy atom. The van der Waals surface area contributed by atoms with Crippen LogP contribution in [0.4, 0.5) is 0 Å². The van der Waals surface area contributed by atoms with E-state index in [2.05, 4.69) is 15.9 Å². The van der Waals surface area contributed by atoms with E-state index in [9.17, 15) is 8.42 Å². The molecule has 2 fully saturated rings. The molecule has 0 N–H and O–H groups in total. The molecule has 0 aromatic heterocycles. The third kappa shape index (κ3) is 3.08. The lowest BCUT2D eigenvalue weighted by molar-refractivity contribution is -0.00783. The van der Waals surface area contributed by atoms with Gasteiger partial charge in [-0.3, -0.25) is 4.18 Å². The van der Waals surface area contributed by atoms with Gasteiger partial charge in [0.2, 0.25) is 0 Å². The molecule has 0 unspecified atom stereocenters. The molecule has 0 saturated carbocycles. The number of rotatable bonds is 3. The van der Waals surface area contributed by atoms with Gasteiger partial charge in [0.05, 0.1) is 17.1 Å².